The highest BCUT2D eigenvalue weighted by molar-refractivity contribution is 5.89. The van der Waals surface area contributed by atoms with E-state index in [1.54, 1.807) is 12.5 Å². The average molecular weight is 426 g/mol. The maximum atomic E-state index is 13.3. The highest BCUT2D eigenvalue weighted by atomic mass is 16.3. The van der Waals surface area contributed by atoms with Crippen LogP contribution in [0.2, 0.25) is 0 Å². The van der Waals surface area contributed by atoms with Crippen molar-refractivity contribution in [2.75, 3.05) is 19.6 Å². The quantitative estimate of drug-likeness (QED) is 0.685. The van der Waals surface area contributed by atoms with E-state index >= 15 is 0 Å². The summed E-state index contributed by atoms with van der Waals surface area (Å²) in [5, 5.41) is 7.33. The van der Waals surface area contributed by atoms with Crippen molar-refractivity contribution in [1.29, 1.82) is 0 Å². The van der Waals surface area contributed by atoms with Gasteiger partial charge in [-0.15, -0.1) is 0 Å². The molecule has 2 aromatic rings. The second-order valence-electron chi connectivity index (χ2n) is 9.15. The van der Waals surface area contributed by atoms with Gasteiger partial charge in [0.25, 0.3) is 0 Å². The van der Waals surface area contributed by atoms with Gasteiger partial charge in [0.2, 0.25) is 11.8 Å². The standard InChI is InChI=1S/C23H31N5O3/c29-21-7-1-6-20-17-13-18(15-26(14-17)16-19-5-2-12-31-19)22(28(20)21)23(30)24-8-3-10-27-11-4-9-25-27/h2,4-5,9,11-12,17-18,20,22H,1,3,6-8,10,13-16H2,(H,24,30)/t17-,18+,20-,22+/m0/s1. The zero-order valence-corrected chi connectivity index (χ0v) is 17.9. The third kappa shape index (κ3) is 4.26. The topological polar surface area (TPSA) is 83.6 Å². The van der Waals surface area contributed by atoms with Crippen LogP contribution >= 0.6 is 0 Å². The molecule has 3 aliphatic heterocycles. The highest BCUT2D eigenvalue weighted by Crippen LogP contribution is 2.42. The first-order valence-corrected chi connectivity index (χ1v) is 11.5. The third-order valence-corrected chi connectivity index (χ3v) is 7.07. The Morgan fingerprint density at radius 1 is 1.26 bits per heavy atom. The number of nitrogens with one attached hydrogen (secondary N) is 1. The Hall–Kier alpha value is -2.61. The van der Waals surface area contributed by atoms with Crippen LogP contribution in [0.15, 0.2) is 41.3 Å². The molecule has 1 N–H and O–H groups in total. The second kappa shape index (κ2) is 8.86. The molecule has 4 atom stereocenters. The number of fused-ring (bicyclic) bond motifs is 4. The van der Waals surface area contributed by atoms with Crippen molar-refractivity contribution >= 4 is 11.8 Å². The molecule has 0 radical (unpaired) electrons. The molecule has 0 saturated carbocycles. The van der Waals surface area contributed by atoms with Crippen LogP contribution in [0.1, 0.15) is 37.9 Å². The van der Waals surface area contributed by atoms with E-state index in [9.17, 15) is 9.59 Å². The Labute approximate surface area is 182 Å². The molecule has 0 unspecified atom stereocenters. The van der Waals surface area contributed by atoms with E-state index in [1.165, 1.54) is 0 Å². The Morgan fingerprint density at radius 2 is 2.16 bits per heavy atom. The van der Waals surface area contributed by atoms with Gasteiger partial charge in [0.1, 0.15) is 11.8 Å². The summed E-state index contributed by atoms with van der Waals surface area (Å²) in [5.74, 6) is 1.71. The van der Waals surface area contributed by atoms with Crippen LogP contribution in [0.25, 0.3) is 0 Å². The Bertz CT molecular complexity index is 881. The smallest absolute Gasteiger partial charge is 0.243 e. The van der Waals surface area contributed by atoms with E-state index in [2.05, 4.69) is 15.3 Å². The highest BCUT2D eigenvalue weighted by Gasteiger charge is 2.51. The molecule has 5 rings (SSSR count). The summed E-state index contributed by atoms with van der Waals surface area (Å²) in [6.45, 7) is 3.90. The number of amides is 2. The van der Waals surface area contributed by atoms with Gasteiger partial charge in [-0.05, 0) is 49.8 Å². The molecule has 2 aromatic heterocycles. The number of piperidine rings is 3. The number of aryl methyl sites for hydroxylation is 1. The molecule has 2 amide bonds. The lowest BCUT2D eigenvalue weighted by molar-refractivity contribution is -0.160. The van der Waals surface area contributed by atoms with Gasteiger partial charge in [-0.2, -0.15) is 5.10 Å². The van der Waals surface area contributed by atoms with Gasteiger partial charge in [-0.1, -0.05) is 0 Å². The number of likely N-dealkylation sites (tertiary alicyclic amines) is 1. The zero-order chi connectivity index (χ0) is 21.2. The van der Waals surface area contributed by atoms with E-state index in [-0.39, 0.29) is 29.8 Å². The maximum Gasteiger partial charge on any atom is 0.243 e. The fraction of sp³-hybridized carbons (Fsp3) is 0.609. The molecule has 0 aliphatic carbocycles. The molecule has 3 fully saturated rings. The summed E-state index contributed by atoms with van der Waals surface area (Å²) in [7, 11) is 0. The number of nitrogens with zero attached hydrogens (tertiary/aromatic N) is 4. The van der Waals surface area contributed by atoms with Crippen molar-refractivity contribution in [2.24, 2.45) is 11.8 Å². The molecule has 8 nitrogen and oxygen atoms in total. The monoisotopic (exact) mass is 425 g/mol. The molecule has 0 spiro atoms. The van der Waals surface area contributed by atoms with Crippen LogP contribution < -0.4 is 5.32 Å². The minimum atomic E-state index is -0.363. The van der Waals surface area contributed by atoms with Crippen LogP contribution in [0.4, 0.5) is 0 Å². The third-order valence-electron chi connectivity index (χ3n) is 7.07. The summed E-state index contributed by atoms with van der Waals surface area (Å²) in [4.78, 5) is 30.6. The largest absolute Gasteiger partial charge is 0.468 e. The van der Waals surface area contributed by atoms with E-state index < -0.39 is 0 Å². The Balaban J connectivity index is 1.27. The van der Waals surface area contributed by atoms with Crippen LogP contribution in [0.5, 0.6) is 0 Å². The fourth-order valence-electron chi connectivity index (χ4n) is 5.83. The average Bonchev–Trinajstić information content (AvgIpc) is 3.46. The number of hydrogen-bond acceptors (Lipinski definition) is 5. The zero-order valence-electron chi connectivity index (χ0n) is 17.9. The lowest BCUT2D eigenvalue weighted by Crippen LogP contribution is -2.68. The minimum absolute atomic E-state index is 0.00372. The summed E-state index contributed by atoms with van der Waals surface area (Å²) in [5.41, 5.74) is 0. The van der Waals surface area contributed by atoms with Crippen molar-refractivity contribution in [3.63, 3.8) is 0 Å². The summed E-state index contributed by atoms with van der Waals surface area (Å²) in [6, 6.07) is 5.64. The minimum Gasteiger partial charge on any atom is -0.468 e. The first kappa shape index (κ1) is 20.3. The molecule has 2 bridgehead atoms. The number of aromatic nitrogens is 2. The van der Waals surface area contributed by atoms with Gasteiger partial charge in [0.15, 0.2) is 0 Å². The van der Waals surface area contributed by atoms with Crippen LogP contribution in [0.3, 0.4) is 0 Å². The number of hydrogen-bond donors (Lipinski definition) is 1. The molecule has 5 heterocycles. The van der Waals surface area contributed by atoms with Crippen molar-refractivity contribution in [1.82, 2.24) is 24.9 Å². The fourth-order valence-corrected chi connectivity index (χ4v) is 5.83. The van der Waals surface area contributed by atoms with Crippen molar-refractivity contribution in [3.8, 4) is 0 Å². The predicted molar refractivity (Wildman–Crippen MR) is 114 cm³/mol. The van der Waals surface area contributed by atoms with Gasteiger partial charge in [-0.3, -0.25) is 19.2 Å². The molecular weight excluding hydrogens is 394 g/mol. The van der Waals surface area contributed by atoms with Crippen molar-refractivity contribution in [3.05, 3.63) is 42.6 Å². The Morgan fingerprint density at radius 3 is 2.97 bits per heavy atom. The number of rotatable bonds is 7. The second-order valence-corrected chi connectivity index (χ2v) is 9.15. The first-order chi connectivity index (χ1) is 15.2. The molecular formula is C23H31N5O3. The van der Waals surface area contributed by atoms with Crippen molar-refractivity contribution < 1.29 is 14.0 Å². The summed E-state index contributed by atoms with van der Waals surface area (Å²) < 4.78 is 7.43. The van der Waals surface area contributed by atoms with E-state index in [4.69, 9.17) is 4.42 Å². The molecule has 166 valence electrons. The number of carbonyl (C=O) groups is 2. The summed E-state index contributed by atoms with van der Waals surface area (Å²) in [6.07, 6.45) is 9.73. The van der Waals surface area contributed by atoms with Gasteiger partial charge in [0, 0.05) is 57.0 Å². The van der Waals surface area contributed by atoms with Gasteiger partial charge in [0.05, 0.1) is 12.8 Å². The molecule has 31 heavy (non-hydrogen) atoms. The SMILES string of the molecule is O=C(NCCCn1cccn1)[C@H]1[C@@H]2C[C@@H](CN(Cc3ccco3)C2)[C@@H]2CCCC(=O)N21. The molecule has 8 heteroatoms. The number of carbonyl (C=O) groups excluding carboxylic acids is 2. The van der Waals surface area contributed by atoms with Gasteiger partial charge >= 0.3 is 0 Å². The van der Waals surface area contributed by atoms with Gasteiger partial charge < -0.3 is 14.6 Å². The number of furan rings is 1. The molecule has 3 aliphatic rings. The van der Waals surface area contributed by atoms with Crippen LogP contribution in [0, 0.1) is 11.8 Å². The van der Waals surface area contributed by atoms with Crippen molar-refractivity contribution in [2.45, 2.75) is 57.3 Å². The first-order valence-electron chi connectivity index (χ1n) is 11.5. The molecule has 0 aromatic carbocycles. The maximum absolute atomic E-state index is 13.3. The predicted octanol–water partition coefficient (Wildman–Crippen LogP) is 1.88. The van der Waals surface area contributed by atoms with Crippen LogP contribution in [-0.2, 0) is 22.7 Å². The normalized spacial score (nSPS) is 28.4. The Kier molecular flexibility index (Phi) is 5.80. The molecule has 3 saturated heterocycles. The lowest BCUT2D eigenvalue weighted by atomic mass is 9.71. The van der Waals surface area contributed by atoms with E-state index in [1.807, 2.05) is 34.0 Å². The van der Waals surface area contributed by atoms with E-state index in [0.717, 1.165) is 57.6 Å². The van der Waals surface area contributed by atoms with E-state index in [0.29, 0.717) is 18.9 Å². The van der Waals surface area contributed by atoms with Crippen LogP contribution in [-0.4, -0.2) is 63.1 Å². The summed E-state index contributed by atoms with van der Waals surface area (Å²) >= 11 is 0. The van der Waals surface area contributed by atoms with Gasteiger partial charge in [-0.25, -0.2) is 0 Å². The lowest BCUT2D eigenvalue weighted by Gasteiger charge is -2.55.